The zero-order valence-electron chi connectivity index (χ0n) is 22.1. The molecule has 6 nitrogen and oxygen atoms in total. The Morgan fingerprint density at radius 2 is 1.91 bits per heavy atom. The molecule has 0 aliphatic carbocycles. The van der Waals surface area contributed by atoms with Crippen LogP contribution in [0.5, 0.6) is 11.5 Å². The summed E-state index contributed by atoms with van der Waals surface area (Å²) in [5, 5.41) is 30.2. The summed E-state index contributed by atoms with van der Waals surface area (Å²) in [6, 6.07) is 8.94. The van der Waals surface area contributed by atoms with Gasteiger partial charge in [0, 0.05) is 26.1 Å². The molecule has 9 heteroatoms. The van der Waals surface area contributed by atoms with Crippen LogP contribution in [0.3, 0.4) is 0 Å². The second kappa shape index (κ2) is 14.6. The summed E-state index contributed by atoms with van der Waals surface area (Å²) in [4.78, 5) is 23.8. The van der Waals surface area contributed by atoms with Crippen molar-refractivity contribution < 1.29 is 60.6 Å². The van der Waals surface area contributed by atoms with Crippen LogP contribution in [0.25, 0.3) is 0 Å². The van der Waals surface area contributed by atoms with Crippen molar-refractivity contribution >= 4 is 39.4 Å². The molecule has 0 bridgehead atoms. The molecule has 2 aromatic carbocycles. The van der Waals surface area contributed by atoms with Crippen LogP contribution in [0, 0.1) is 5.41 Å². The summed E-state index contributed by atoms with van der Waals surface area (Å²) in [6.07, 6.45) is 1.21. The normalized spacial score (nSPS) is 12.1. The summed E-state index contributed by atoms with van der Waals surface area (Å²) in [5.74, 6) is 0.305. The molecule has 1 atom stereocenters. The molecule has 0 saturated heterocycles. The van der Waals surface area contributed by atoms with Gasteiger partial charge in [-0.05, 0) is 65.5 Å². The van der Waals surface area contributed by atoms with Crippen molar-refractivity contribution in [2.24, 2.45) is 5.41 Å². The van der Waals surface area contributed by atoms with E-state index in [1.165, 1.54) is 6.92 Å². The Morgan fingerprint density at radius 3 is 2.49 bits per heavy atom. The van der Waals surface area contributed by atoms with Crippen LogP contribution in [-0.4, -0.2) is 39.4 Å². The molecule has 35 heavy (non-hydrogen) atoms. The van der Waals surface area contributed by atoms with E-state index in [-0.39, 0.29) is 48.9 Å². The van der Waals surface area contributed by atoms with Gasteiger partial charge in [-0.25, -0.2) is 0 Å². The van der Waals surface area contributed by atoms with Crippen molar-refractivity contribution in [2.75, 3.05) is 12.4 Å². The number of halogens is 1. The third kappa shape index (κ3) is 9.09. The van der Waals surface area contributed by atoms with E-state index in [1.54, 1.807) is 37.7 Å². The van der Waals surface area contributed by atoms with Gasteiger partial charge in [0.2, 0.25) is 0 Å². The molecule has 0 aliphatic rings. The number of carbonyl (C=O) groups is 2. The molecule has 2 aromatic rings. The SMILES string of the molecule is CCCc1c(OCCCSc2ccc(C(O)C(C)(C)CC(=O)O)cc2Br)ccc(C(C)=O)c1O.[H-].[Na+]. The number of phenolic OH excluding ortho intramolecular Hbond substituents is 1. The standard InChI is InChI=1S/C26H33BrO6S.Na.H/c1-5-7-19-21(10-9-18(16(2)28)24(19)31)33-12-6-13-34-22-11-8-17(14-20(22)27)25(32)26(3,4)15-23(29)30;;/h8-11,14,25,31-32H,5-7,12-13,15H2,1-4H3,(H,29,30);;/q;+1;-1. The maximum Gasteiger partial charge on any atom is 1.00 e. The van der Waals surface area contributed by atoms with Crippen LogP contribution in [-0.2, 0) is 11.2 Å². The van der Waals surface area contributed by atoms with Gasteiger partial charge < -0.3 is 21.5 Å². The summed E-state index contributed by atoms with van der Waals surface area (Å²) in [7, 11) is 0. The number of thioether (sulfide) groups is 1. The van der Waals surface area contributed by atoms with E-state index in [0.29, 0.717) is 35.5 Å². The average molecular weight is 578 g/mol. The number of carbonyl (C=O) groups excluding carboxylic acids is 1. The summed E-state index contributed by atoms with van der Waals surface area (Å²) >= 11 is 5.21. The van der Waals surface area contributed by atoms with Crippen LogP contribution in [0.4, 0.5) is 0 Å². The molecule has 2 rings (SSSR count). The molecular weight excluding hydrogens is 543 g/mol. The van der Waals surface area contributed by atoms with Gasteiger partial charge in [-0.3, -0.25) is 9.59 Å². The predicted molar refractivity (Wildman–Crippen MR) is 139 cm³/mol. The topological polar surface area (TPSA) is 104 Å². The quantitative estimate of drug-likeness (QED) is 0.145. The number of phenols is 1. The van der Waals surface area contributed by atoms with Crippen molar-refractivity contribution in [2.45, 2.75) is 64.4 Å². The largest absolute Gasteiger partial charge is 1.00 e. The van der Waals surface area contributed by atoms with Gasteiger partial charge in [0.15, 0.2) is 5.78 Å². The number of ketones is 1. The minimum absolute atomic E-state index is 0. The Kier molecular flexibility index (Phi) is 13.4. The molecule has 0 spiro atoms. The summed E-state index contributed by atoms with van der Waals surface area (Å²) < 4.78 is 6.76. The molecule has 0 aliphatic heterocycles. The number of rotatable bonds is 13. The van der Waals surface area contributed by atoms with E-state index >= 15 is 0 Å². The predicted octanol–water partition coefficient (Wildman–Crippen LogP) is 3.52. The van der Waals surface area contributed by atoms with Crippen molar-refractivity contribution in [3.63, 3.8) is 0 Å². The van der Waals surface area contributed by atoms with Gasteiger partial charge >= 0.3 is 35.5 Å². The molecule has 0 aromatic heterocycles. The van der Waals surface area contributed by atoms with E-state index in [9.17, 15) is 19.8 Å². The second-order valence-electron chi connectivity index (χ2n) is 8.95. The van der Waals surface area contributed by atoms with E-state index in [0.717, 1.165) is 28.0 Å². The molecule has 0 radical (unpaired) electrons. The van der Waals surface area contributed by atoms with Gasteiger partial charge in [0.05, 0.1) is 24.7 Å². The maximum absolute atomic E-state index is 11.7. The van der Waals surface area contributed by atoms with Crippen LogP contribution >= 0.6 is 27.7 Å². The third-order valence-corrected chi connectivity index (χ3v) is 7.62. The number of aliphatic hydroxyl groups excluding tert-OH is 1. The number of benzene rings is 2. The molecule has 3 N–H and O–H groups in total. The number of carboxylic acids is 1. The Labute approximate surface area is 243 Å². The summed E-state index contributed by atoms with van der Waals surface area (Å²) in [5.41, 5.74) is 0.870. The minimum Gasteiger partial charge on any atom is -1.00 e. The Balaban J connectivity index is 0.00000612. The number of aromatic hydroxyl groups is 1. The van der Waals surface area contributed by atoms with Crippen LogP contribution < -0.4 is 34.3 Å². The summed E-state index contributed by atoms with van der Waals surface area (Å²) in [6.45, 7) is 7.39. The van der Waals surface area contributed by atoms with Gasteiger partial charge in [0.25, 0.3) is 0 Å². The Morgan fingerprint density at radius 1 is 1.23 bits per heavy atom. The number of hydrogen-bond acceptors (Lipinski definition) is 6. The molecule has 0 fully saturated rings. The first kappa shape index (κ1) is 32.0. The number of Topliss-reactive ketones (excluding diaryl/α,β-unsaturated/α-hetero) is 1. The van der Waals surface area contributed by atoms with Crippen LogP contribution in [0.2, 0.25) is 0 Å². The van der Waals surface area contributed by atoms with Gasteiger partial charge in [-0.1, -0.05) is 33.3 Å². The van der Waals surface area contributed by atoms with E-state index in [2.05, 4.69) is 15.9 Å². The minimum atomic E-state index is -0.940. The van der Waals surface area contributed by atoms with Crippen molar-refractivity contribution in [1.29, 1.82) is 0 Å². The number of carboxylic acid groups (broad SMARTS) is 1. The van der Waals surface area contributed by atoms with Crippen molar-refractivity contribution in [3.05, 3.63) is 51.5 Å². The maximum atomic E-state index is 11.7. The van der Waals surface area contributed by atoms with Gasteiger partial charge in [-0.2, -0.15) is 0 Å². The van der Waals surface area contributed by atoms with Crippen LogP contribution in [0.1, 0.15) is 76.0 Å². The first-order valence-corrected chi connectivity index (χ1v) is 13.1. The smallest absolute Gasteiger partial charge is 1.00 e. The monoisotopic (exact) mass is 576 g/mol. The fourth-order valence-corrected chi connectivity index (χ4v) is 5.28. The Bertz CT molecular complexity index is 1030. The molecule has 0 saturated carbocycles. The first-order chi connectivity index (χ1) is 16.0. The van der Waals surface area contributed by atoms with E-state index in [1.807, 2.05) is 25.1 Å². The van der Waals surface area contributed by atoms with Gasteiger partial charge in [0.1, 0.15) is 11.5 Å². The van der Waals surface area contributed by atoms with E-state index < -0.39 is 17.5 Å². The fraction of sp³-hybridized carbons (Fsp3) is 0.462. The van der Waals surface area contributed by atoms with Crippen LogP contribution in [0.15, 0.2) is 39.7 Å². The number of hydrogen-bond donors (Lipinski definition) is 3. The molecular formula is C26H34BrNaO6S. The Hall–Kier alpha value is -1.03. The molecule has 1 unspecified atom stereocenters. The zero-order chi connectivity index (χ0) is 25.5. The molecule has 0 heterocycles. The number of aliphatic hydroxyl groups is 1. The first-order valence-electron chi connectivity index (χ1n) is 11.3. The van der Waals surface area contributed by atoms with Crippen molar-refractivity contribution in [3.8, 4) is 11.5 Å². The number of ether oxygens (including phenoxy) is 1. The number of aliphatic carboxylic acids is 1. The average Bonchev–Trinajstić information content (AvgIpc) is 2.75. The zero-order valence-corrected chi connectivity index (χ0v) is 25.5. The van der Waals surface area contributed by atoms with Crippen molar-refractivity contribution in [1.82, 2.24) is 0 Å². The molecule has 188 valence electrons. The molecule has 0 amide bonds. The third-order valence-electron chi connectivity index (χ3n) is 5.54. The van der Waals surface area contributed by atoms with Gasteiger partial charge in [-0.15, -0.1) is 11.8 Å². The second-order valence-corrected chi connectivity index (χ2v) is 10.9. The van der Waals surface area contributed by atoms with E-state index in [4.69, 9.17) is 9.84 Å². The fourth-order valence-electron chi connectivity index (χ4n) is 3.69.